The number of thiazole rings is 1. The van der Waals surface area contributed by atoms with Crippen LogP contribution >= 0.6 is 11.3 Å². The molecule has 0 aliphatic carbocycles. The predicted octanol–water partition coefficient (Wildman–Crippen LogP) is 3.81. The van der Waals surface area contributed by atoms with E-state index in [0.29, 0.717) is 24.3 Å². The Morgan fingerprint density at radius 2 is 2.06 bits per heavy atom. The quantitative estimate of drug-likeness (QED) is 0.515. The van der Waals surface area contributed by atoms with Crippen molar-refractivity contribution in [3.63, 3.8) is 0 Å². The number of aryl methyl sites for hydroxylation is 1. The van der Waals surface area contributed by atoms with E-state index in [1.165, 1.54) is 17.4 Å². The van der Waals surface area contributed by atoms with Crippen molar-refractivity contribution in [1.82, 2.24) is 14.9 Å². The number of hydrogen-bond acceptors (Lipinski definition) is 7. The third kappa shape index (κ3) is 4.97. The van der Waals surface area contributed by atoms with E-state index in [4.69, 9.17) is 0 Å². The zero-order valence-electron chi connectivity index (χ0n) is 17.8. The van der Waals surface area contributed by atoms with Gasteiger partial charge in [0.2, 0.25) is 9.84 Å². The number of hydrogen-bond donors (Lipinski definition) is 0. The molecule has 6 nitrogen and oxygen atoms in total. The molecule has 1 aliphatic rings. The standard InChI is InChI=1S/C22H24F2N4O2S2/c1-15-7-22(32(29,30)13-18-12-31-14-26-18)25-9-21(15)27(2)19-5-6-28(11-19)10-16-8-17(23)3-4-20(16)24/h3-4,7-9,12,14,19H,5-6,10-11,13H2,1-2H3/t19-/m0/s1. The number of likely N-dealkylation sites (tertiary alicyclic amines) is 1. The summed E-state index contributed by atoms with van der Waals surface area (Å²) in [5.74, 6) is -1.02. The van der Waals surface area contributed by atoms with Crippen molar-refractivity contribution in [1.29, 1.82) is 0 Å². The van der Waals surface area contributed by atoms with E-state index in [1.54, 1.807) is 23.2 Å². The SMILES string of the molecule is Cc1cc(S(=O)(=O)Cc2cscn2)ncc1N(C)[C@H]1CCN(Cc2cc(F)ccc2F)C1. The van der Waals surface area contributed by atoms with Crippen LogP contribution in [-0.2, 0) is 22.1 Å². The lowest BCUT2D eigenvalue weighted by atomic mass is 10.1. The molecule has 0 radical (unpaired) electrons. The molecule has 32 heavy (non-hydrogen) atoms. The Morgan fingerprint density at radius 3 is 2.78 bits per heavy atom. The van der Waals surface area contributed by atoms with Gasteiger partial charge in [0.15, 0.2) is 5.03 Å². The fraction of sp³-hybridized carbons (Fsp3) is 0.364. The average molecular weight is 479 g/mol. The Kier molecular flexibility index (Phi) is 6.55. The maximum Gasteiger partial charge on any atom is 0.201 e. The predicted molar refractivity (Wildman–Crippen MR) is 120 cm³/mol. The molecule has 4 rings (SSSR count). The first kappa shape index (κ1) is 22.8. The fourth-order valence-electron chi connectivity index (χ4n) is 4.01. The Morgan fingerprint density at radius 1 is 1.25 bits per heavy atom. The molecule has 3 heterocycles. The third-order valence-corrected chi connectivity index (χ3v) is 7.95. The second-order valence-corrected chi connectivity index (χ2v) is 10.7. The average Bonchev–Trinajstić information content (AvgIpc) is 3.42. The van der Waals surface area contributed by atoms with Gasteiger partial charge in [0.1, 0.15) is 11.6 Å². The van der Waals surface area contributed by atoms with Crippen LogP contribution in [0.5, 0.6) is 0 Å². The molecule has 1 aliphatic heterocycles. The topological polar surface area (TPSA) is 66.4 Å². The Hall–Kier alpha value is -2.43. The van der Waals surface area contributed by atoms with E-state index in [0.717, 1.165) is 36.3 Å². The molecule has 1 aromatic carbocycles. The molecular formula is C22H24F2N4O2S2. The highest BCUT2D eigenvalue weighted by molar-refractivity contribution is 7.90. The van der Waals surface area contributed by atoms with Crippen LogP contribution in [0.2, 0.25) is 0 Å². The van der Waals surface area contributed by atoms with Gasteiger partial charge in [-0.05, 0) is 43.2 Å². The minimum atomic E-state index is -3.58. The molecule has 170 valence electrons. The number of nitrogens with zero attached hydrogens (tertiary/aromatic N) is 4. The highest BCUT2D eigenvalue weighted by atomic mass is 32.2. The zero-order chi connectivity index (χ0) is 22.9. The Balaban J connectivity index is 1.44. The van der Waals surface area contributed by atoms with Crippen molar-refractivity contribution in [2.45, 2.75) is 36.7 Å². The minimum Gasteiger partial charge on any atom is -0.369 e. The van der Waals surface area contributed by atoms with Gasteiger partial charge in [0.05, 0.1) is 28.8 Å². The number of anilines is 1. The summed E-state index contributed by atoms with van der Waals surface area (Å²) in [6.45, 7) is 3.66. The van der Waals surface area contributed by atoms with Crippen molar-refractivity contribution >= 4 is 26.9 Å². The van der Waals surface area contributed by atoms with Crippen molar-refractivity contribution in [3.05, 3.63) is 69.8 Å². The summed E-state index contributed by atoms with van der Waals surface area (Å²) in [5.41, 5.74) is 4.13. The molecule has 0 unspecified atom stereocenters. The summed E-state index contributed by atoms with van der Waals surface area (Å²) < 4.78 is 52.8. The lowest BCUT2D eigenvalue weighted by molar-refractivity contribution is 0.319. The summed E-state index contributed by atoms with van der Waals surface area (Å²) in [5, 5.41) is 1.75. The first-order valence-electron chi connectivity index (χ1n) is 10.2. The maximum absolute atomic E-state index is 14.0. The fourth-order valence-corrected chi connectivity index (χ4v) is 5.94. The molecule has 0 spiro atoms. The van der Waals surface area contributed by atoms with E-state index in [2.05, 4.69) is 19.8 Å². The maximum atomic E-state index is 14.0. The highest BCUT2D eigenvalue weighted by Gasteiger charge is 2.28. The molecule has 2 aromatic heterocycles. The monoisotopic (exact) mass is 478 g/mol. The van der Waals surface area contributed by atoms with E-state index in [9.17, 15) is 17.2 Å². The number of benzene rings is 1. The van der Waals surface area contributed by atoms with Crippen molar-refractivity contribution in [2.24, 2.45) is 0 Å². The largest absolute Gasteiger partial charge is 0.369 e. The van der Waals surface area contributed by atoms with Gasteiger partial charge in [0.25, 0.3) is 0 Å². The lowest BCUT2D eigenvalue weighted by Gasteiger charge is -2.28. The van der Waals surface area contributed by atoms with Crippen LogP contribution in [0.4, 0.5) is 14.5 Å². The highest BCUT2D eigenvalue weighted by Crippen LogP contribution is 2.27. The molecule has 1 atom stereocenters. The molecule has 0 amide bonds. The van der Waals surface area contributed by atoms with E-state index < -0.39 is 21.5 Å². The summed E-state index contributed by atoms with van der Waals surface area (Å²) in [6.07, 6.45) is 2.45. The summed E-state index contributed by atoms with van der Waals surface area (Å²) in [6, 6.07) is 5.28. The van der Waals surface area contributed by atoms with Gasteiger partial charge in [0, 0.05) is 43.7 Å². The number of sulfone groups is 1. The van der Waals surface area contributed by atoms with Crippen LogP contribution in [0.3, 0.4) is 0 Å². The molecule has 0 bridgehead atoms. The van der Waals surface area contributed by atoms with Crippen molar-refractivity contribution < 1.29 is 17.2 Å². The van der Waals surface area contributed by atoms with Crippen LogP contribution < -0.4 is 4.90 Å². The number of pyridine rings is 1. The van der Waals surface area contributed by atoms with Crippen LogP contribution in [-0.4, -0.2) is 49.5 Å². The first-order chi connectivity index (χ1) is 15.2. The molecule has 10 heteroatoms. The minimum absolute atomic E-state index is 0.0368. The third-order valence-electron chi connectivity index (χ3n) is 5.78. The number of halogens is 2. The first-order valence-corrected chi connectivity index (χ1v) is 12.8. The Bertz CT molecular complexity index is 1200. The summed E-state index contributed by atoms with van der Waals surface area (Å²) in [7, 11) is -1.63. The number of likely N-dealkylation sites (N-methyl/N-ethyl adjacent to an activating group) is 1. The van der Waals surface area contributed by atoms with Crippen LogP contribution in [0.25, 0.3) is 0 Å². The molecule has 0 saturated carbocycles. The second-order valence-electron chi connectivity index (χ2n) is 8.07. The molecule has 1 fully saturated rings. The zero-order valence-corrected chi connectivity index (χ0v) is 19.5. The van der Waals surface area contributed by atoms with E-state index >= 15 is 0 Å². The van der Waals surface area contributed by atoms with Crippen LogP contribution in [0.15, 0.2) is 46.4 Å². The lowest BCUT2D eigenvalue weighted by Crippen LogP contribution is -2.35. The van der Waals surface area contributed by atoms with E-state index in [1.807, 2.05) is 14.0 Å². The summed E-state index contributed by atoms with van der Waals surface area (Å²) >= 11 is 1.36. The van der Waals surface area contributed by atoms with Gasteiger partial charge in [-0.25, -0.2) is 27.2 Å². The van der Waals surface area contributed by atoms with Gasteiger partial charge in [-0.3, -0.25) is 4.90 Å². The second kappa shape index (κ2) is 9.21. The Labute approximate surface area is 190 Å². The van der Waals surface area contributed by atoms with Crippen molar-refractivity contribution in [3.8, 4) is 0 Å². The van der Waals surface area contributed by atoms with E-state index in [-0.39, 0.29) is 16.8 Å². The van der Waals surface area contributed by atoms with Gasteiger partial charge in [-0.2, -0.15) is 0 Å². The molecule has 3 aromatic rings. The smallest absolute Gasteiger partial charge is 0.201 e. The van der Waals surface area contributed by atoms with Gasteiger partial charge in [-0.1, -0.05) is 0 Å². The number of aromatic nitrogens is 2. The normalized spacial score (nSPS) is 17.1. The molecule has 0 N–H and O–H groups in total. The summed E-state index contributed by atoms with van der Waals surface area (Å²) in [4.78, 5) is 12.5. The van der Waals surface area contributed by atoms with Gasteiger partial charge < -0.3 is 4.90 Å². The van der Waals surface area contributed by atoms with Crippen molar-refractivity contribution in [2.75, 3.05) is 25.0 Å². The van der Waals surface area contributed by atoms with Gasteiger partial charge in [-0.15, -0.1) is 11.3 Å². The van der Waals surface area contributed by atoms with Crippen LogP contribution in [0, 0.1) is 18.6 Å². The number of rotatable bonds is 7. The molecular weight excluding hydrogens is 454 g/mol. The molecule has 1 saturated heterocycles. The van der Waals surface area contributed by atoms with Crippen LogP contribution in [0.1, 0.15) is 23.2 Å². The van der Waals surface area contributed by atoms with Gasteiger partial charge >= 0.3 is 0 Å².